The van der Waals surface area contributed by atoms with Crippen molar-refractivity contribution in [3.8, 4) is 0 Å². The second-order valence-corrected chi connectivity index (χ2v) is 5.23. The first-order valence-corrected chi connectivity index (χ1v) is 6.56. The summed E-state index contributed by atoms with van der Waals surface area (Å²) in [5.74, 6) is -0.174. The maximum Gasteiger partial charge on any atom is 0.130 e. The van der Waals surface area contributed by atoms with E-state index in [1.807, 2.05) is 36.6 Å². The van der Waals surface area contributed by atoms with Gasteiger partial charge in [0.05, 0.1) is 5.92 Å². The molecule has 1 heterocycles. The molecule has 17 heavy (non-hydrogen) atoms. The highest BCUT2D eigenvalue weighted by Gasteiger charge is 2.14. The van der Waals surface area contributed by atoms with Gasteiger partial charge >= 0.3 is 0 Å². The first-order chi connectivity index (χ1) is 8.19. The quantitative estimate of drug-likeness (QED) is 0.790. The molecular weight excluding hydrogens is 254 g/mol. The summed E-state index contributed by atoms with van der Waals surface area (Å²) in [6, 6.07) is 7.59. The molecule has 0 aliphatic carbocycles. The second kappa shape index (κ2) is 5.43. The molecule has 4 heteroatoms. The number of hydrogen-bond acceptors (Lipinski definition) is 3. The lowest BCUT2D eigenvalue weighted by molar-refractivity contribution is -0.109. The van der Waals surface area contributed by atoms with Gasteiger partial charge in [0.2, 0.25) is 0 Å². The van der Waals surface area contributed by atoms with Gasteiger partial charge < -0.3 is 4.79 Å². The standard InChI is InChI=1S/C13H12ClNOS/c1-9-8-17-13(15-9)11(7-16)5-10-3-2-4-12(14)6-10/h2-4,6-8,11H,5H2,1H3. The van der Waals surface area contributed by atoms with E-state index in [0.717, 1.165) is 22.6 Å². The molecule has 88 valence electrons. The van der Waals surface area contributed by atoms with Crippen LogP contribution in [0, 0.1) is 6.92 Å². The second-order valence-electron chi connectivity index (χ2n) is 3.90. The molecule has 1 unspecified atom stereocenters. The van der Waals surface area contributed by atoms with E-state index < -0.39 is 0 Å². The fraction of sp³-hybridized carbons (Fsp3) is 0.231. The maximum absolute atomic E-state index is 11.1. The number of rotatable bonds is 4. The van der Waals surface area contributed by atoms with E-state index in [-0.39, 0.29) is 5.92 Å². The zero-order valence-corrected chi connectivity index (χ0v) is 11.0. The van der Waals surface area contributed by atoms with Crippen molar-refractivity contribution in [2.75, 3.05) is 0 Å². The van der Waals surface area contributed by atoms with Crippen LogP contribution in [0.4, 0.5) is 0 Å². The molecule has 0 spiro atoms. The van der Waals surface area contributed by atoms with E-state index in [9.17, 15) is 4.79 Å². The summed E-state index contributed by atoms with van der Waals surface area (Å²) in [5.41, 5.74) is 2.02. The molecule has 0 bridgehead atoms. The van der Waals surface area contributed by atoms with Gasteiger partial charge in [-0.3, -0.25) is 0 Å². The molecule has 2 aromatic rings. The molecule has 0 saturated carbocycles. The van der Waals surface area contributed by atoms with Crippen LogP contribution in [-0.4, -0.2) is 11.3 Å². The van der Waals surface area contributed by atoms with Gasteiger partial charge in [-0.05, 0) is 31.0 Å². The molecule has 1 atom stereocenters. The third kappa shape index (κ3) is 3.14. The Kier molecular flexibility index (Phi) is 3.92. The summed E-state index contributed by atoms with van der Waals surface area (Å²) >= 11 is 7.45. The lowest BCUT2D eigenvalue weighted by Crippen LogP contribution is -2.04. The Morgan fingerprint density at radius 2 is 2.35 bits per heavy atom. The number of hydrogen-bond donors (Lipinski definition) is 0. The monoisotopic (exact) mass is 265 g/mol. The lowest BCUT2D eigenvalue weighted by Gasteiger charge is -2.07. The van der Waals surface area contributed by atoms with Gasteiger partial charge in [0, 0.05) is 16.1 Å². The van der Waals surface area contributed by atoms with E-state index in [4.69, 9.17) is 11.6 Å². The van der Waals surface area contributed by atoms with Gasteiger partial charge in [0.15, 0.2) is 0 Å². The zero-order chi connectivity index (χ0) is 12.3. The molecule has 0 N–H and O–H groups in total. The number of aromatic nitrogens is 1. The van der Waals surface area contributed by atoms with Crippen LogP contribution in [0.5, 0.6) is 0 Å². The largest absolute Gasteiger partial charge is 0.303 e. The summed E-state index contributed by atoms with van der Waals surface area (Å²) in [5, 5.41) is 3.53. The Hall–Kier alpha value is -1.19. The van der Waals surface area contributed by atoms with Crippen LogP contribution in [-0.2, 0) is 11.2 Å². The minimum Gasteiger partial charge on any atom is -0.303 e. The van der Waals surface area contributed by atoms with Gasteiger partial charge in [-0.25, -0.2) is 4.98 Å². The number of benzene rings is 1. The number of carbonyl (C=O) groups excluding carboxylic acids is 1. The Bertz CT molecular complexity index is 524. The van der Waals surface area contributed by atoms with E-state index in [1.165, 1.54) is 11.3 Å². The van der Waals surface area contributed by atoms with Crippen LogP contribution in [0.3, 0.4) is 0 Å². The van der Waals surface area contributed by atoms with Crippen molar-refractivity contribution in [1.82, 2.24) is 4.98 Å². The van der Waals surface area contributed by atoms with Crippen molar-refractivity contribution < 1.29 is 4.79 Å². The summed E-state index contributed by atoms with van der Waals surface area (Å²) in [7, 11) is 0. The average Bonchev–Trinajstić information content (AvgIpc) is 2.73. The fourth-order valence-electron chi connectivity index (χ4n) is 1.65. The Morgan fingerprint density at radius 1 is 1.53 bits per heavy atom. The third-order valence-electron chi connectivity index (χ3n) is 2.46. The first-order valence-electron chi connectivity index (χ1n) is 5.31. The van der Waals surface area contributed by atoms with Crippen molar-refractivity contribution in [3.05, 3.63) is 50.9 Å². The predicted molar refractivity (Wildman–Crippen MR) is 70.8 cm³/mol. The molecule has 2 rings (SSSR count). The van der Waals surface area contributed by atoms with Crippen LogP contribution in [0.15, 0.2) is 29.6 Å². The molecule has 1 aromatic heterocycles. The van der Waals surface area contributed by atoms with Crippen LogP contribution < -0.4 is 0 Å². The van der Waals surface area contributed by atoms with Crippen molar-refractivity contribution in [1.29, 1.82) is 0 Å². The van der Waals surface area contributed by atoms with Gasteiger partial charge in [-0.2, -0.15) is 0 Å². The molecule has 0 radical (unpaired) electrons. The number of aryl methyl sites for hydroxylation is 1. The average molecular weight is 266 g/mol. The zero-order valence-electron chi connectivity index (χ0n) is 9.39. The summed E-state index contributed by atoms with van der Waals surface area (Å²) < 4.78 is 0. The van der Waals surface area contributed by atoms with Crippen LogP contribution in [0.1, 0.15) is 22.2 Å². The Morgan fingerprint density at radius 3 is 2.94 bits per heavy atom. The van der Waals surface area contributed by atoms with E-state index in [2.05, 4.69) is 4.98 Å². The topological polar surface area (TPSA) is 30.0 Å². The van der Waals surface area contributed by atoms with E-state index in [0.29, 0.717) is 11.4 Å². The van der Waals surface area contributed by atoms with Crippen LogP contribution >= 0.6 is 22.9 Å². The molecule has 2 nitrogen and oxygen atoms in total. The number of nitrogens with zero attached hydrogens (tertiary/aromatic N) is 1. The lowest BCUT2D eigenvalue weighted by atomic mass is 10.0. The minimum absolute atomic E-state index is 0.174. The molecule has 0 fully saturated rings. The highest BCUT2D eigenvalue weighted by Crippen LogP contribution is 2.23. The molecule has 0 aliphatic rings. The summed E-state index contributed by atoms with van der Waals surface area (Å²) in [6.45, 7) is 1.93. The number of carbonyl (C=O) groups is 1. The number of thiazole rings is 1. The van der Waals surface area contributed by atoms with E-state index >= 15 is 0 Å². The minimum atomic E-state index is -0.174. The summed E-state index contributed by atoms with van der Waals surface area (Å²) in [4.78, 5) is 15.5. The fourth-order valence-corrected chi connectivity index (χ4v) is 2.72. The molecule has 1 aromatic carbocycles. The van der Waals surface area contributed by atoms with E-state index in [1.54, 1.807) is 0 Å². The molecule has 0 aliphatic heterocycles. The van der Waals surface area contributed by atoms with Gasteiger partial charge in [-0.15, -0.1) is 11.3 Å². The number of halogens is 1. The normalized spacial score (nSPS) is 12.4. The van der Waals surface area contributed by atoms with Crippen molar-refractivity contribution >= 4 is 29.2 Å². The van der Waals surface area contributed by atoms with Crippen LogP contribution in [0.2, 0.25) is 5.02 Å². The Balaban J connectivity index is 2.18. The summed E-state index contributed by atoms with van der Waals surface area (Å²) in [6.07, 6.45) is 1.61. The van der Waals surface area contributed by atoms with Crippen molar-refractivity contribution in [2.24, 2.45) is 0 Å². The van der Waals surface area contributed by atoms with Crippen molar-refractivity contribution in [3.63, 3.8) is 0 Å². The highest BCUT2D eigenvalue weighted by atomic mass is 35.5. The molecule has 0 amide bonds. The first kappa shape index (κ1) is 12.3. The predicted octanol–water partition coefficient (Wildman–Crippen LogP) is 3.63. The van der Waals surface area contributed by atoms with Crippen molar-refractivity contribution in [2.45, 2.75) is 19.3 Å². The van der Waals surface area contributed by atoms with Gasteiger partial charge in [0.25, 0.3) is 0 Å². The smallest absolute Gasteiger partial charge is 0.130 e. The molecule has 0 saturated heterocycles. The maximum atomic E-state index is 11.1. The Labute approximate surface area is 109 Å². The van der Waals surface area contributed by atoms with Gasteiger partial charge in [-0.1, -0.05) is 23.7 Å². The number of aldehydes is 1. The SMILES string of the molecule is Cc1csc(C(C=O)Cc2cccc(Cl)c2)n1. The molecular formula is C13H12ClNOS. The third-order valence-corrected chi connectivity index (χ3v) is 3.79. The van der Waals surface area contributed by atoms with Gasteiger partial charge in [0.1, 0.15) is 11.3 Å². The van der Waals surface area contributed by atoms with Crippen LogP contribution in [0.25, 0.3) is 0 Å². The highest BCUT2D eigenvalue weighted by molar-refractivity contribution is 7.09.